The van der Waals surface area contributed by atoms with E-state index < -0.39 is 60.0 Å². The molecule has 158 valence electrons. The predicted octanol–water partition coefficient (Wildman–Crippen LogP) is 1.67. The molecular formula is C15H18ClF3N2O5S2. The van der Waals surface area contributed by atoms with E-state index in [1.54, 1.807) is 0 Å². The summed E-state index contributed by atoms with van der Waals surface area (Å²) in [6.07, 6.45) is -4.62. The van der Waals surface area contributed by atoms with E-state index in [9.17, 15) is 34.8 Å². The molecule has 0 unspecified atom stereocenters. The van der Waals surface area contributed by atoms with Crippen molar-refractivity contribution in [2.24, 2.45) is 0 Å². The van der Waals surface area contributed by atoms with Crippen LogP contribution in [0.25, 0.3) is 0 Å². The number of sulfonamides is 1. The van der Waals surface area contributed by atoms with Gasteiger partial charge in [-0.05, 0) is 24.6 Å². The topological polar surface area (TPSA) is 101 Å². The molecule has 1 fully saturated rings. The van der Waals surface area contributed by atoms with Gasteiger partial charge >= 0.3 is 6.18 Å². The lowest BCUT2D eigenvalue weighted by atomic mass is 10.2. The first-order valence-electron chi connectivity index (χ1n) is 8.13. The maximum Gasteiger partial charge on any atom is 0.417 e. The summed E-state index contributed by atoms with van der Waals surface area (Å²) in [4.78, 5) is 11.5. The van der Waals surface area contributed by atoms with Gasteiger partial charge in [-0.25, -0.2) is 16.8 Å². The predicted molar refractivity (Wildman–Crippen MR) is 96.1 cm³/mol. The van der Waals surface area contributed by atoms with Gasteiger partial charge in [-0.15, -0.1) is 0 Å². The van der Waals surface area contributed by atoms with Gasteiger partial charge < -0.3 is 5.32 Å². The van der Waals surface area contributed by atoms with Gasteiger partial charge in [0.05, 0.1) is 33.5 Å². The molecule has 7 nitrogen and oxygen atoms in total. The van der Waals surface area contributed by atoms with Crippen LogP contribution in [0.15, 0.2) is 23.1 Å². The average molecular weight is 463 g/mol. The number of hydrogen-bond acceptors (Lipinski definition) is 5. The van der Waals surface area contributed by atoms with Crippen LogP contribution in [-0.4, -0.2) is 57.7 Å². The summed E-state index contributed by atoms with van der Waals surface area (Å²) >= 11 is 5.51. The lowest BCUT2D eigenvalue weighted by Gasteiger charge is -2.22. The van der Waals surface area contributed by atoms with E-state index in [0.717, 1.165) is 12.1 Å². The molecule has 1 aliphatic rings. The van der Waals surface area contributed by atoms with Crippen LogP contribution in [0.3, 0.4) is 0 Å². The number of halogens is 4. The molecule has 1 saturated heterocycles. The van der Waals surface area contributed by atoms with Crippen LogP contribution in [-0.2, 0) is 30.8 Å². The highest BCUT2D eigenvalue weighted by molar-refractivity contribution is 7.91. The molecule has 0 aromatic heterocycles. The fraction of sp³-hybridized carbons (Fsp3) is 0.533. The number of amides is 1. The van der Waals surface area contributed by atoms with Crippen molar-refractivity contribution in [2.45, 2.75) is 30.5 Å². The fourth-order valence-corrected chi connectivity index (χ4v) is 6.07. The lowest BCUT2D eigenvalue weighted by molar-refractivity contribution is -0.137. The van der Waals surface area contributed by atoms with Crippen molar-refractivity contribution >= 4 is 37.4 Å². The Balaban J connectivity index is 2.20. The molecule has 1 aromatic rings. The van der Waals surface area contributed by atoms with Crippen molar-refractivity contribution in [2.75, 3.05) is 24.6 Å². The molecule has 1 amide bonds. The molecule has 2 rings (SSSR count). The van der Waals surface area contributed by atoms with Gasteiger partial charge in [-0.2, -0.15) is 17.5 Å². The van der Waals surface area contributed by atoms with Crippen molar-refractivity contribution in [1.82, 2.24) is 9.62 Å². The Bertz CT molecular complexity index is 964. The van der Waals surface area contributed by atoms with Crippen LogP contribution < -0.4 is 5.32 Å². The van der Waals surface area contributed by atoms with Crippen LogP contribution in [0.2, 0.25) is 5.02 Å². The Morgan fingerprint density at radius 3 is 2.50 bits per heavy atom. The summed E-state index contributed by atoms with van der Waals surface area (Å²) in [7, 11) is -7.64. The number of hydrogen-bond donors (Lipinski definition) is 1. The number of nitrogens with zero attached hydrogens (tertiary/aromatic N) is 1. The third kappa shape index (κ3) is 5.37. The van der Waals surface area contributed by atoms with Crippen LogP contribution >= 0.6 is 11.6 Å². The van der Waals surface area contributed by atoms with E-state index in [2.05, 4.69) is 5.32 Å². The first-order chi connectivity index (χ1) is 12.8. The number of sulfone groups is 1. The molecule has 0 spiro atoms. The summed E-state index contributed by atoms with van der Waals surface area (Å²) in [6, 6.07) is 1.55. The number of carbonyl (C=O) groups excluding carboxylic acids is 1. The van der Waals surface area contributed by atoms with Crippen molar-refractivity contribution < 1.29 is 34.8 Å². The minimum atomic E-state index is -4.84. The largest absolute Gasteiger partial charge is 0.417 e. The molecule has 1 aliphatic heterocycles. The van der Waals surface area contributed by atoms with Gasteiger partial charge in [0.1, 0.15) is 0 Å². The third-order valence-electron chi connectivity index (χ3n) is 4.15. The van der Waals surface area contributed by atoms with Crippen LogP contribution in [0, 0.1) is 0 Å². The summed E-state index contributed by atoms with van der Waals surface area (Å²) in [5.74, 6) is -1.04. The monoisotopic (exact) mass is 462 g/mol. The number of rotatable bonds is 6. The maximum absolute atomic E-state index is 13.0. The Morgan fingerprint density at radius 2 is 2.00 bits per heavy atom. The molecule has 0 aliphatic carbocycles. The van der Waals surface area contributed by atoms with Gasteiger partial charge in [0.25, 0.3) is 0 Å². The van der Waals surface area contributed by atoms with Gasteiger partial charge in [0, 0.05) is 12.6 Å². The molecule has 1 N–H and O–H groups in total. The third-order valence-corrected chi connectivity index (χ3v) is 8.17. The molecule has 0 radical (unpaired) electrons. The van der Waals surface area contributed by atoms with Crippen LogP contribution in [0.5, 0.6) is 0 Å². The Hall–Kier alpha value is -1.37. The zero-order valence-electron chi connectivity index (χ0n) is 14.7. The number of benzene rings is 1. The second-order valence-electron chi connectivity index (χ2n) is 6.24. The highest BCUT2D eigenvalue weighted by Crippen LogP contribution is 2.36. The van der Waals surface area contributed by atoms with Crippen molar-refractivity contribution in [3.63, 3.8) is 0 Å². The SMILES string of the molecule is CCN(CC(=O)N[C@H]1CCS(=O)(=O)C1)S(=O)(=O)c1ccc(Cl)c(C(F)(F)F)c1. The molecule has 0 saturated carbocycles. The lowest BCUT2D eigenvalue weighted by Crippen LogP contribution is -2.44. The van der Waals surface area contributed by atoms with E-state index in [1.165, 1.54) is 6.92 Å². The first-order valence-corrected chi connectivity index (χ1v) is 11.8. The highest BCUT2D eigenvalue weighted by atomic mass is 35.5. The van der Waals surface area contributed by atoms with Crippen molar-refractivity contribution in [3.8, 4) is 0 Å². The minimum absolute atomic E-state index is 0.0707. The average Bonchev–Trinajstić information content (AvgIpc) is 2.90. The summed E-state index contributed by atoms with van der Waals surface area (Å²) in [6.45, 7) is 0.591. The van der Waals surface area contributed by atoms with Crippen LogP contribution in [0.1, 0.15) is 18.9 Å². The normalized spacial score (nSPS) is 19.7. The van der Waals surface area contributed by atoms with Gasteiger partial charge in [0.15, 0.2) is 9.84 Å². The second-order valence-corrected chi connectivity index (χ2v) is 10.8. The molecule has 13 heteroatoms. The molecule has 1 atom stereocenters. The van der Waals surface area contributed by atoms with E-state index in [-0.39, 0.29) is 24.5 Å². The zero-order valence-corrected chi connectivity index (χ0v) is 17.1. The number of likely N-dealkylation sites (N-methyl/N-ethyl adjacent to an activating group) is 1. The zero-order chi connectivity index (χ0) is 21.3. The molecule has 0 bridgehead atoms. The maximum atomic E-state index is 13.0. The van der Waals surface area contributed by atoms with E-state index >= 15 is 0 Å². The van der Waals surface area contributed by atoms with Crippen molar-refractivity contribution in [3.05, 3.63) is 28.8 Å². The Labute approximate surface area is 165 Å². The molecule has 28 heavy (non-hydrogen) atoms. The van der Waals surface area contributed by atoms with E-state index in [4.69, 9.17) is 11.6 Å². The van der Waals surface area contributed by atoms with E-state index in [1.807, 2.05) is 0 Å². The van der Waals surface area contributed by atoms with Gasteiger partial charge in [0.2, 0.25) is 15.9 Å². The fourth-order valence-electron chi connectivity index (χ4n) is 2.74. The summed E-state index contributed by atoms with van der Waals surface area (Å²) < 4.78 is 87.9. The van der Waals surface area contributed by atoms with Gasteiger partial charge in [-0.1, -0.05) is 18.5 Å². The number of alkyl halides is 3. The summed E-state index contributed by atoms with van der Waals surface area (Å²) in [5.41, 5.74) is -1.30. The number of carbonyl (C=O) groups is 1. The van der Waals surface area contributed by atoms with E-state index in [0.29, 0.717) is 10.4 Å². The second kappa shape index (κ2) is 8.17. The van der Waals surface area contributed by atoms with Crippen molar-refractivity contribution in [1.29, 1.82) is 0 Å². The van der Waals surface area contributed by atoms with Crippen LogP contribution in [0.4, 0.5) is 13.2 Å². The van der Waals surface area contributed by atoms with Gasteiger partial charge in [-0.3, -0.25) is 4.79 Å². The minimum Gasteiger partial charge on any atom is -0.351 e. The standard InChI is InChI=1S/C15H18ClF3N2O5S2/c1-2-21(8-14(22)20-10-5-6-27(23,24)9-10)28(25,26)11-3-4-13(16)12(7-11)15(17,18)19/h3-4,7,10H,2,5-6,8-9H2,1H3,(H,20,22)/t10-/m0/s1. The first kappa shape index (κ1) is 22.9. The smallest absolute Gasteiger partial charge is 0.351 e. The Kier molecular flexibility index (Phi) is 6.68. The molecule has 1 heterocycles. The summed E-state index contributed by atoms with van der Waals surface area (Å²) in [5, 5.41) is 1.80. The molecule has 1 aromatic carbocycles. The number of nitrogens with one attached hydrogen (secondary N) is 1. The highest BCUT2D eigenvalue weighted by Gasteiger charge is 2.36. The quantitative estimate of drug-likeness (QED) is 0.693. The molecular weight excluding hydrogens is 445 g/mol. The Morgan fingerprint density at radius 1 is 1.36 bits per heavy atom.